The highest BCUT2D eigenvalue weighted by Crippen LogP contribution is 2.33. The van der Waals surface area contributed by atoms with Crippen LogP contribution in [-0.4, -0.2) is 31.2 Å². The lowest BCUT2D eigenvalue weighted by atomic mass is 9.95. The zero-order valence-corrected chi connectivity index (χ0v) is 20.3. The minimum Gasteiger partial charge on any atom is -0.455 e. The van der Waals surface area contributed by atoms with E-state index in [1.807, 2.05) is 18.2 Å². The summed E-state index contributed by atoms with van der Waals surface area (Å²) in [6, 6.07) is 22.2. The predicted octanol–water partition coefficient (Wildman–Crippen LogP) is 6.09. The zero-order valence-electron chi connectivity index (χ0n) is 18.7. The van der Waals surface area contributed by atoms with Crippen molar-refractivity contribution in [1.82, 2.24) is 4.31 Å². The van der Waals surface area contributed by atoms with Crippen molar-refractivity contribution in [3.8, 4) is 11.5 Å². The van der Waals surface area contributed by atoms with Gasteiger partial charge in [0.15, 0.2) is 5.75 Å². The van der Waals surface area contributed by atoms with Crippen molar-refractivity contribution in [1.29, 1.82) is 0 Å². The number of anilines is 1. The average Bonchev–Trinajstić information content (AvgIpc) is 2.86. The Morgan fingerprint density at radius 2 is 1.59 bits per heavy atom. The molecule has 3 aromatic carbocycles. The van der Waals surface area contributed by atoms with Gasteiger partial charge in [0.05, 0.1) is 17.1 Å². The van der Waals surface area contributed by atoms with Gasteiger partial charge in [0.2, 0.25) is 15.9 Å². The van der Waals surface area contributed by atoms with Gasteiger partial charge in [-0.25, -0.2) is 8.42 Å². The molecular formula is C26H27ClN2O4S. The van der Waals surface area contributed by atoms with E-state index in [9.17, 15) is 13.2 Å². The molecule has 6 nitrogen and oxygen atoms in total. The summed E-state index contributed by atoms with van der Waals surface area (Å²) < 4.78 is 34.2. The standard InChI is InChI=1S/C26H27ClN2O4S/c27-20-16-17-25(33-22-12-6-2-7-13-22)24(18-20)28-26(30)19-29(21-10-4-1-5-11-21)34(31,32)23-14-8-3-9-15-23/h2-3,6-9,12-18,21H,1,4-5,10-11,19H2,(H,28,30). The van der Waals surface area contributed by atoms with Crippen molar-refractivity contribution < 1.29 is 17.9 Å². The highest BCUT2D eigenvalue weighted by molar-refractivity contribution is 7.89. The first-order valence-electron chi connectivity index (χ1n) is 11.3. The van der Waals surface area contributed by atoms with Crippen LogP contribution in [-0.2, 0) is 14.8 Å². The topological polar surface area (TPSA) is 75.7 Å². The Labute approximate surface area is 205 Å². The number of carbonyl (C=O) groups is 1. The molecule has 178 valence electrons. The Bertz CT molecular complexity index is 1210. The Morgan fingerprint density at radius 1 is 0.941 bits per heavy atom. The second-order valence-electron chi connectivity index (χ2n) is 8.26. The van der Waals surface area contributed by atoms with Crippen molar-refractivity contribution in [2.24, 2.45) is 0 Å². The summed E-state index contributed by atoms with van der Waals surface area (Å²) in [7, 11) is -3.84. The molecule has 4 rings (SSSR count). The summed E-state index contributed by atoms with van der Waals surface area (Å²) in [5.41, 5.74) is 0.377. The van der Waals surface area contributed by atoms with Gasteiger partial charge < -0.3 is 10.1 Å². The number of halogens is 1. The van der Waals surface area contributed by atoms with Crippen LogP contribution in [0.25, 0.3) is 0 Å². The van der Waals surface area contributed by atoms with Crippen LogP contribution in [0.15, 0.2) is 83.8 Å². The van der Waals surface area contributed by atoms with Crippen molar-refractivity contribution in [2.45, 2.75) is 43.0 Å². The molecule has 0 saturated heterocycles. The molecule has 1 saturated carbocycles. The number of ether oxygens (including phenoxy) is 1. The van der Waals surface area contributed by atoms with Crippen molar-refractivity contribution >= 4 is 33.2 Å². The fourth-order valence-electron chi connectivity index (χ4n) is 4.14. The highest BCUT2D eigenvalue weighted by atomic mass is 35.5. The molecule has 0 bridgehead atoms. The molecule has 1 amide bonds. The third kappa shape index (κ3) is 5.97. The van der Waals surface area contributed by atoms with Crippen LogP contribution in [0, 0.1) is 0 Å². The fourth-order valence-corrected chi connectivity index (χ4v) is 5.98. The van der Waals surface area contributed by atoms with Crippen LogP contribution < -0.4 is 10.1 Å². The van der Waals surface area contributed by atoms with Gasteiger partial charge in [-0.2, -0.15) is 4.31 Å². The van der Waals surface area contributed by atoms with E-state index in [4.69, 9.17) is 16.3 Å². The van der Waals surface area contributed by atoms with E-state index in [0.29, 0.717) is 22.2 Å². The van der Waals surface area contributed by atoms with E-state index in [-0.39, 0.29) is 17.5 Å². The minimum absolute atomic E-state index is 0.184. The molecule has 0 radical (unpaired) electrons. The number of para-hydroxylation sites is 1. The first-order valence-corrected chi connectivity index (χ1v) is 13.1. The summed E-state index contributed by atoms with van der Waals surface area (Å²) in [6.45, 7) is -0.292. The van der Waals surface area contributed by atoms with Gasteiger partial charge in [-0.1, -0.05) is 67.3 Å². The zero-order chi connectivity index (χ0) is 24.0. The molecule has 1 aliphatic rings. The molecule has 0 aromatic heterocycles. The summed E-state index contributed by atoms with van der Waals surface area (Å²) in [4.78, 5) is 13.3. The number of nitrogens with zero attached hydrogens (tertiary/aromatic N) is 1. The quantitative estimate of drug-likeness (QED) is 0.407. The third-order valence-corrected chi connectivity index (χ3v) is 7.97. The van der Waals surface area contributed by atoms with Crippen molar-refractivity contribution in [3.05, 3.63) is 83.9 Å². The maximum absolute atomic E-state index is 13.5. The molecule has 0 aliphatic heterocycles. The summed E-state index contributed by atoms with van der Waals surface area (Å²) in [6.07, 6.45) is 4.43. The number of benzene rings is 3. The Balaban J connectivity index is 1.57. The lowest BCUT2D eigenvalue weighted by Gasteiger charge is -2.33. The molecule has 0 spiro atoms. The second-order valence-corrected chi connectivity index (χ2v) is 10.6. The molecule has 0 atom stereocenters. The first-order chi connectivity index (χ1) is 16.4. The lowest BCUT2D eigenvalue weighted by molar-refractivity contribution is -0.116. The lowest BCUT2D eigenvalue weighted by Crippen LogP contribution is -2.45. The van der Waals surface area contributed by atoms with E-state index < -0.39 is 15.9 Å². The Hall–Kier alpha value is -2.87. The molecule has 3 aromatic rings. The number of amides is 1. The molecule has 1 fully saturated rings. The number of hydrogen-bond acceptors (Lipinski definition) is 4. The molecule has 1 N–H and O–H groups in total. The number of carbonyl (C=O) groups excluding carboxylic acids is 1. The van der Waals surface area contributed by atoms with Gasteiger partial charge in [0.1, 0.15) is 5.75 Å². The molecule has 1 aliphatic carbocycles. The van der Waals surface area contributed by atoms with Gasteiger partial charge >= 0.3 is 0 Å². The van der Waals surface area contributed by atoms with Crippen LogP contribution in [0.5, 0.6) is 11.5 Å². The van der Waals surface area contributed by atoms with Gasteiger partial charge in [0.25, 0.3) is 0 Å². The Morgan fingerprint density at radius 3 is 2.26 bits per heavy atom. The summed E-state index contributed by atoms with van der Waals surface area (Å²) in [5.74, 6) is 0.570. The fraction of sp³-hybridized carbons (Fsp3) is 0.269. The van der Waals surface area contributed by atoms with Gasteiger partial charge in [-0.3, -0.25) is 4.79 Å². The smallest absolute Gasteiger partial charge is 0.243 e. The normalized spacial score (nSPS) is 14.6. The van der Waals surface area contributed by atoms with E-state index in [1.165, 1.54) is 4.31 Å². The van der Waals surface area contributed by atoms with Crippen molar-refractivity contribution in [3.63, 3.8) is 0 Å². The Kier molecular flexibility index (Phi) is 7.88. The number of nitrogens with one attached hydrogen (secondary N) is 1. The minimum atomic E-state index is -3.84. The molecule has 0 unspecified atom stereocenters. The number of sulfonamides is 1. The molecular weight excluding hydrogens is 472 g/mol. The summed E-state index contributed by atoms with van der Waals surface area (Å²) >= 11 is 6.17. The predicted molar refractivity (Wildman–Crippen MR) is 134 cm³/mol. The van der Waals surface area contributed by atoms with Crippen LogP contribution in [0.1, 0.15) is 32.1 Å². The SMILES string of the molecule is O=C(CN(C1CCCCC1)S(=O)(=O)c1ccccc1)Nc1cc(Cl)ccc1Oc1ccccc1. The van der Waals surface area contributed by atoms with Crippen LogP contribution >= 0.6 is 11.6 Å². The number of hydrogen-bond donors (Lipinski definition) is 1. The third-order valence-electron chi connectivity index (χ3n) is 5.82. The average molecular weight is 499 g/mol. The van der Waals surface area contributed by atoms with E-state index in [2.05, 4.69) is 5.32 Å². The van der Waals surface area contributed by atoms with E-state index in [0.717, 1.165) is 32.1 Å². The monoisotopic (exact) mass is 498 g/mol. The van der Waals surface area contributed by atoms with E-state index in [1.54, 1.807) is 60.7 Å². The van der Waals surface area contributed by atoms with Crippen LogP contribution in [0.3, 0.4) is 0 Å². The van der Waals surface area contributed by atoms with Gasteiger partial charge in [0, 0.05) is 11.1 Å². The molecule has 34 heavy (non-hydrogen) atoms. The van der Waals surface area contributed by atoms with Gasteiger partial charge in [-0.05, 0) is 55.3 Å². The van der Waals surface area contributed by atoms with E-state index >= 15 is 0 Å². The van der Waals surface area contributed by atoms with Crippen molar-refractivity contribution in [2.75, 3.05) is 11.9 Å². The second kappa shape index (κ2) is 11.0. The van der Waals surface area contributed by atoms with Crippen LogP contribution in [0.4, 0.5) is 5.69 Å². The molecule has 0 heterocycles. The maximum atomic E-state index is 13.5. The largest absolute Gasteiger partial charge is 0.455 e. The maximum Gasteiger partial charge on any atom is 0.243 e. The summed E-state index contributed by atoms with van der Waals surface area (Å²) in [5, 5.41) is 3.24. The van der Waals surface area contributed by atoms with Crippen LogP contribution in [0.2, 0.25) is 5.02 Å². The first kappa shape index (κ1) is 24.3. The molecule has 8 heteroatoms. The number of rotatable bonds is 8. The van der Waals surface area contributed by atoms with Gasteiger partial charge in [-0.15, -0.1) is 0 Å². The highest BCUT2D eigenvalue weighted by Gasteiger charge is 2.34.